The van der Waals surface area contributed by atoms with Gasteiger partial charge in [0.2, 0.25) is 0 Å². The van der Waals surface area contributed by atoms with E-state index >= 15 is 0 Å². The van der Waals surface area contributed by atoms with E-state index in [4.69, 9.17) is 9.84 Å². The van der Waals surface area contributed by atoms with Crippen LogP contribution >= 0.6 is 0 Å². The van der Waals surface area contributed by atoms with Gasteiger partial charge in [0.1, 0.15) is 11.4 Å². The second-order valence-electron chi connectivity index (χ2n) is 7.16. The molecule has 0 aliphatic rings. The van der Waals surface area contributed by atoms with Gasteiger partial charge in [0.25, 0.3) is 0 Å². The predicted molar refractivity (Wildman–Crippen MR) is 122 cm³/mol. The minimum Gasteiger partial charge on any atom is -0.503 e. The number of para-hydroxylation sites is 1. The van der Waals surface area contributed by atoms with Crippen LogP contribution in [0.15, 0.2) is 79.3 Å². The third-order valence-corrected chi connectivity index (χ3v) is 5.07. The lowest BCUT2D eigenvalue weighted by molar-refractivity contribution is 0.414. The second-order valence-corrected chi connectivity index (χ2v) is 7.16. The van der Waals surface area contributed by atoms with Crippen LogP contribution in [-0.2, 0) is 6.54 Å². The zero-order chi connectivity index (χ0) is 21.9. The SMILES string of the molecule is COc1ccc(Cn2nc(-c3ncc(O)c(Nc4ccncc4)n3)c3ccccc32)cc1. The molecule has 0 bridgehead atoms. The molecule has 0 spiro atoms. The Hall–Kier alpha value is -4.46. The highest BCUT2D eigenvalue weighted by molar-refractivity contribution is 5.92. The van der Waals surface area contributed by atoms with Crippen molar-refractivity contribution in [3.63, 3.8) is 0 Å². The summed E-state index contributed by atoms with van der Waals surface area (Å²) in [4.78, 5) is 12.9. The zero-order valence-electron chi connectivity index (χ0n) is 17.3. The number of methoxy groups -OCH3 is 1. The van der Waals surface area contributed by atoms with Crippen LogP contribution in [0.25, 0.3) is 22.4 Å². The van der Waals surface area contributed by atoms with Crippen LogP contribution in [0.5, 0.6) is 11.5 Å². The van der Waals surface area contributed by atoms with E-state index in [2.05, 4.69) is 20.3 Å². The Bertz CT molecular complexity index is 1370. The van der Waals surface area contributed by atoms with Crippen molar-refractivity contribution < 1.29 is 9.84 Å². The van der Waals surface area contributed by atoms with Crippen LogP contribution in [0.3, 0.4) is 0 Å². The zero-order valence-corrected chi connectivity index (χ0v) is 17.3. The Morgan fingerprint density at radius 2 is 1.78 bits per heavy atom. The van der Waals surface area contributed by atoms with Crippen LogP contribution in [0.1, 0.15) is 5.56 Å². The van der Waals surface area contributed by atoms with Gasteiger partial charge in [0, 0.05) is 23.5 Å². The van der Waals surface area contributed by atoms with E-state index in [1.165, 1.54) is 6.20 Å². The highest BCUT2D eigenvalue weighted by atomic mass is 16.5. The minimum atomic E-state index is -0.0486. The van der Waals surface area contributed by atoms with Gasteiger partial charge in [-0.2, -0.15) is 5.10 Å². The number of ether oxygens (including phenoxy) is 1. The van der Waals surface area contributed by atoms with E-state index in [9.17, 15) is 5.11 Å². The molecular formula is C24H20N6O2. The standard InChI is InChI=1S/C24H20N6O2/c1-32-18-8-6-16(7-9-18)15-30-20-5-3-2-4-19(20)22(29-30)24-26-14-21(31)23(28-24)27-17-10-12-25-13-11-17/h2-14,31H,15H2,1H3,(H,25,26,27,28). The molecule has 0 aliphatic carbocycles. The fraction of sp³-hybridized carbons (Fsp3) is 0.0833. The molecule has 3 aromatic heterocycles. The molecule has 0 unspecified atom stereocenters. The highest BCUT2D eigenvalue weighted by Crippen LogP contribution is 2.30. The molecule has 0 atom stereocenters. The van der Waals surface area contributed by atoms with Crippen molar-refractivity contribution in [3.05, 3.63) is 84.8 Å². The summed E-state index contributed by atoms with van der Waals surface area (Å²) in [6.07, 6.45) is 4.70. The van der Waals surface area contributed by atoms with Crippen molar-refractivity contribution in [1.82, 2.24) is 24.7 Å². The van der Waals surface area contributed by atoms with Gasteiger partial charge in [-0.05, 0) is 35.9 Å². The summed E-state index contributed by atoms with van der Waals surface area (Å²) in [6.45, 7) is 0.588. The molecule has 32 heavy (non-hydrogen) atoms. The molecule has 2 N–H and O–H groups in total. The van der Waals surface area contributed by atoms with Crippen LogP contribution in [0.4, 0.5) is 11.5 Å². The summed E-state index contributed by atoms with van der Waals surface area (Å²) in [5, 5.41) is 19.1. The first-order valence-corrected chi connectivity index (χ1v) is 10.0. The number of hydrogen-bond acceptors (Lipinski definition) is 7. The van der Waals surface area contributed by atoms with Crippen LogP contribution < -0.4 is 10.1 Å². The second kappa shape index (κ2) is 8.35. The number of benzene rings is 2. The number of nitrogens with one attached hydrogen (secondary N) is 1. The van der Waals surface area contributed by atoms with Crippen LogP contribution in [0.2, 0.25) is 0 Å². The number of anilines is 2. The molecule has 0 aliphatic heterocycles. The first-order valence-electron chi connectivity index (χ1n) is 10.0. The molecule has 2 aromatic carbocycles. The molecule has 8 heteroatoms. The largest absolute Gasteiger partial charge is 0.503 e. The molecule has 0 fully saturated rings. The average molecular weight is 424 g/mol. The average Bonchev–Trinajstić information content (AvgIpc) is 3.20. The molecule has 5 rings (SSSR count). The Kier molecular flexibility index (Phi) is 5.09. The highest BCUT2D eigenvalue weighted by Gasteiger charge is 2.17. The third-order valence-electron chi connectivity index (χ3n) is 5.07. The maximum absolute atomic E-state index is 10.3. The van der Waals surface area contributed by atoms with Gasteiger partial charge in [0.15, 0.2) is 17.4 Å². The first kappa shape index (κ1) is 19.5. The van der Waals surface area contributed by atoms with Gasteiger partial charge < -0.3 is 15.2 Å². The normalized spacial score (nSPS) is 10.9. The molecule has 8 nitrogen and oxygen atoms in total. The van der Waals surface area contributed by atoms with Crippen molar-refractivity contribution in [2.24, 2.45) is 0 Å². The minimum absolute atomic E-state index is 0.0486. The summed E-state index contributed by atoms with van der Waals surface area (Å²) in [5.74, 6) is 1.48. The van der Waals surface area contributed by atoms with Gasteiger partial charge in [-0.25, -0.2) is 9.97 Å². The molecule has 3 heterocycles. The van der Waals surface area contributed by atoms with E-state index in [0.29, 0.717) is 23.9 Å². The van der Waals surface area contributed by atoms with Crippen molar-refractivity contribution in [2.45, 2.75) is 6.54 Å². The number of aromatic nitrogens is 5. The van der Waals surface area contributed by atoms with Crippen LogP contribution in [0, 0.1) is 0 Å². The topological polar surface area (TPSA) is 98.0 Å². The van der Waals surface area contributed by atoms with E-state index in [1.807, 2.05) is 53.2 Å². The van der Waals surface area contributed by atoms with Crippen molar-refractivity contribution in [1.29, 1.82) is 0 Å². The molecule has 0 radical (unpaired) electrons. The summed E-state index contributed by atoms with van der Waals surface area (Å²) in [5.41, 5.74) is 3.47. The molecular weight excluding hydrogens is 404 g/mol. The molecule has 158 valence electrons. The number of nitrogens with zero attached hydrogens (tertiary/aromatic N) is 5. The fourth-order valence-corrected chi connectivity index (χ4v) is 3.47. The van der Waals surface area contributed by atoms with Crippen molar-refractivity contribution in [2.75, 3.05) is 12.4 Å². The van der Waals surface area contributed by atoms with Gasteiger partial charge >= 0.3 is 0 Å². The maximum atomic E-state index is 10.3. The van der Waals surface area contributed by atoms with Crippen LogP contribution in [-0.4, -0.2) is 36.9 Å². The Morgan fingerprint density at radius 3 is 2.56 bits per heavy atom. The lowest BCUT2D eigenvalue weighted by atomic mass is 10.2. The summed E-state index contributed by atoms with van der Waals surface area (Å²) >= 11 is 0. The molecule has 0 amide bonds. The lowest BCUT2D eigenvalue weighted by Crippen LogP contribution is -2.02. The quantitative estimate of drug-likeness (QED) is 0.417. The van der Waals surface area contributed by atoms with Gasteiger partial charge in [-0.3, -0.25) is 9.67 Å². The summed E-state index contributed by atoms with van der Waals surface area (Å²) in [6, 6.07) is 19.4. The number of pyridine rings is 1. The van der Waals surface area contributed by atoms with Gasteiger partial charge in [-0.15, -0.1) is 0 Å². The maximum Gasteiger partial charge on any atom is 0.183 e. The van der Waals surface area contributed by atoms with E-state index < -0.39 is 0 Å². The molecule has 0 saturated heterocycles. The number of hydrogen-bond donors (Lipinski definition) is 2. The van der Waals surface area contributed by atoms with E-state index in [1.54, 1.807) is 31.6 Å². The summed E-state index contributed by atoms with van der Waals surface area (Å²) < 4.78 is 7.18. The van der Waals surface area contributed by atoms with E-state index in [-0.39, 0.29) is 5.75 Å². The number of aromatic hydroxyl groups is 1. The monoisotopic (exact) mass is 424 g/mol. The third kappa shape index (κ3) is 3.81. The first-order chi connectivity index (χ1) is 15.7. The Balaban J connectivity index is 1.53. The van der Waals surface area contributed by atoms with E-state index in [0.717, 1.165) is 27.9 Å². The predicted octanol–water partition coefficient (Wildman–Crippen LogP) is 4.39. The summed E-state index contributed by atoms with van der Waals surface area (Å²) in [7, 11) is 1.65. The molecule has 5 aromatic rings. The van der Waals surface area contributed by atoms with Gasteiger partial charge in [-0.1, -0.05) is 30.3 Å². The van der Waals surface area contributed by atoms with Gasteiger partial charge in [0.05, 0.1) is 25.4 Å². The molecule has 0 saturated carbocycles. The Morgan fingerprint density at radius 1 is 1.00 bits per heavy atom. The Labute approximate surface area is 184 Å². The smallest absolute Gasteiger partial charge is 0.183 e. The van der Waals surface area contributed by atoms with Crippen molar-refractivity contribution >= 4 is 22.4 Å². The lowest BCUT2D eigenvalue weighted by Gasteiger charge is -2.08. The fourth-order valence-electron chi connectivity index (χ4n) is 3.47. The van der Waals surface area contributed by atoms with Crippen molar-refractivity contribution in [3.8, 4) is 23.0 Å². The number of rotatable bonds is 6. The number of fused-ring (bicyclic) bond motifs is 1.